The van der Waals surface area contributed by atoms with Crippen LogP contribution in [0, 0.1) is 6.92 Å². The van der Waals surface area contributed by atoms with E-state index in [0.717, 1.165) is 10.3 Å². The van der Waals surface area contributed by atoms with Crippen LogP contribution < -0.4 is 14.2 Å². The molecule has 0 amide bonds. The number of fused-ring (bicyclic) bond motifs is 2. The first-order valence-electron chi connectivity index (χ1n) is 10.2. The Morgan fingerprint density at radius 2 is 1.86 bits per heavy atom. The van der Waals surface area contributed by atoms with Crippen molar-refractivity contribution in [1.82, 2.24) is 0 Å². The standard InChI is InChI=1S/C20H19ClN2O8S3.C2H4/c1-12-2-4-17-15(6-12)23(11-34(28,29)30)19(31-17)8-20-22(9-14(24)10-33(25,26)27)16-7-13(21)3-5-18(16)32-20;1-2/h2-8,14,24H,9-11H2,1H3,(H-,25,26,27,28,29,30);1-2H2/p-1. The second-order valence-corrected chi connectivity index (χ2v) is 12.0. The van der Waals surface area contributed by atoms with Gasteiger partial charge in [-0.25, -0.2) is 16.8 Å². The molecule has 14 heteroatoms. The minimum atomic E-state index is -4.68. The molecule has 194 valence electrons. The summed E-state index contributed by atoms with van der Waals surface area (Å²) in [5, 5.41) is 11.1. The number of aryl methyl sites for hydroxylation is 1. The zero-order valence-corrected chi connectivity index (χ0v) is 22.2. The number of aliphatic hydroxyl groups excluding tert-OH is 1. The molecule has 10 nitrogen and oxygen atoms in total. The van der Waals surface area contributed by atoms with E-state index in [1.165, 1.54) is 22.3 Å². The Hall–Kier alpha value is -2.52. The van der Waals surface area contributed by atoms with Gasteiger partial charge < -0.3 is 18.9 Å². The van der Waals surface area contributed by atoms with Gasteiger partial charge in [-0.15, -0.1) is 13.2 Å². The molecule has 1 atom stereocenters. The van der Waals surface area contributed by atoms with Crippen molar-refractivity contribution >= 4 is 65.2 Å². The van der Waals surface area contributed by atoms with Gasteiger partial charge in [0.15, 0.2) is 12.3 Å². The summed E-state index contributed by atoms with van der Waals surface area (Å²) in [5.74, 6) is -1.45. The van der Waals surface area contributed by atoms with Crippen LogP contribution in [0.25, 0.3) is 16.3 Å². The average Bonchev–Trinajstić information content (AvgIpc) is 3.25. The molecular formula is C22H22ClN2O8S3-. The third-order valence-electron chi connectivity index (χ3n) is 4.90. The number of hydrogen-bond acceptors (Lipinski definition) is 10. The average molecular weight is 574 g/mol. The summed E-state index contributed by atoms with van der Waals surface area (Å²) in [6.45, 7) is 7.55. The van der Waals surface area contributed by atoms with Crippen molar-refractivity contribution < 1.29 is 40.4 Å². The third-order valence-corrected chi connectivity index (χ3v) is 7.62. The number of ether oxygens (including phenoxy) is 1. The fraction of sp³-hybridized carbons (Fsp3) is 0.227. The Kier molecular flexibility index (Phi) is 8.45. The maximum Gasteiger partial charge on any atom is 0.268 e. The normalized spacial score (nSPS) is 15.4. The Labute approximate surface area is 217 Å². The number of benzene rings is 2. The molecule has 2 heterocycles. The third kappa shape index (κ3) is 6.82. The van der Waals surface area contributed by atoms with E-state index in [-0.39, 0.29) is 12.4 Å². The number of aromatic nitrogens is 1. The fourth-order valence-corrected chi connectivity index (χ4v) is 5.99. The van der Waals surface area contributed by atoms with Gasteiger partial charge in [0.2, 0.25) is 11.4 Å². The molecule has 0 saturated carbocycles. The molecule has 0 fully saturated rings. The quantitative estimate of drug-likeness (QED) is 0.255. The highest BCUT2D eigenvalue weighted by molar-refractivity contribution is 7.86. The number of anilines is 1. The molecule has 1 aromatic heterocycles. The van der Waals surface area contributed by atoms with Crippen LogP contribution in [-0.2, 0) is 26.8 Å². The lowest BCUT2D eigenvalue weighted by Gasteiger charge is -2.20. The molecule has 36 heavy (non-hydrogen) atoms. The SMILES string of the molecule is C=C.Cc1ccc2c(c1)N(CS(=O)(=O)[O-])C(=Cc1sc3ccc(Cl)cc3[n+]1CC(O)CS(=O)(=O)[O-])O2. The van der Waals surface area contributed by atoms with E-state index in [1.807, 2.05) is 0 Å². The second kappa shape index (κ2) is 10.8. The Morgan fingerprint density at radius 1 is 1.17 bits per heavy atom. The molecule has 1 N–H and O–H groups in total. The van der Waals surface area contributed by atoms with Crippen LogP contribution in [0.4, 0.5) is 5.69 Å². The smallest absolute Gasteiger partial charge is 0.268 e. The molecule has 0 aliphatic carbocycles. The van der Waals surface area contributed by atoms with Gasteiger partial charge in [-0.3, -0.25) is 4.90 Å². The highest BCUT2D eigenvalue weighted by Gasteiger charge is 2.31. The van der Waals surface area contributed by atoms with Crippen molar-refractivity contribution in [3.63, 3.8) is 0 Å². The van der Waals surface area contributed by atoms with Crippen LogP contribution in [0.2, 0.25) is 5.02 Å². The van der Waals surface area contributed by atoms with Crippen molar-refractivity contribution in [1.29, 1.82) is 0 Å². The maximum absolute atomic E-state index is 11.6. The van der Waals surface area contributed by atoms with Crippen LogP contribution in [0.15, 0.2) is 55.4 Å². The summed E-state index contributed by atoms with van der Waals surface area (Å²) < 4.78 is 76.2. The molecule has 0 radical (unpaired) electrons. The van der Waals surface area contributed by atoms with E-state index in [1.54, 1.807) is 47.9 Å². The first-order chi connectivity index (χ1) is 16.8. The molecule has 0 saturated heterocycles. The lowest BCUT2D eigenvalue weighted by atomic mass is 10.2. The second-order valence-electron chi connectivity index (χ2n) is 7.71. The van der Waals surface area contributed by atoms with Gasteiger partial charge in [-0.2, -0.15) is 4.57 Å². The number of halogens is 1. The minimum Gasteiger partial charge on any atom is -0.748 e. The van der Waals surface area contributed by atoms with Crippen molar-refractivity contribution in [2.24, 2.45) is 0 Å². The van der Waals surface area contributed by atoms with E-state index < -0.39 is 38.0 Å². The Balaban J connectivity index is 0.00000176. The molecule has 0 spiro atoms. The molecular weight excluding hydrogens is 552 g/mol. The molecule has 1 aliphatic heterocycles. The van der Waals surface area contributed by atoms with Gasteiger partial charge in [-0.1, -0.05) is 29.0 Å². The molecule has 0 bridgehead atoms. The summed E-state index contributed by atoms with van der Waals surface area (Å²) in [5.41, 5.74) is 1.78. The van der Waals surface area contributed by atoms with Gasteiger partial charge in [0.1, 0.15) is 26.8 Å². The predicted octanol–water partition coefficient (Wildman–Crippen LogP) is 2.56. The predicted molar refractivity (Wildman–Crippen MR) is 136 cm³/mol. The van der Waals surface area contributed by atoms with Gasteiger partial charge in [0, 0.05) is 11.1 Å². The van der Waals surface area contributed by atoms with Gasteiger partial charge in [-0.05, 0) is 36.8 Å². The number of thiazole rings is 1. The Bertz CT molecular complexity index is 1530. The van der Waals surface area contributed by atoms with Crippen LogP contribution >= 0.6 is 22.9 Å². The van der Waals surface area contributed by atoms with Gasteiger partial charge >= 0.3 is 0 Å². The molecule has 3 aromatic rings. The monoisotopic (exact) mass is 573 g/mol. The topological polar surface area (TPSA) is 151 Å². The van der Waals surface area contributed by atoms with Gasteiger partial charge in [0.05, 0.1) is 27.6 Å². The summed E-state index contributed by atoms with van der Waals surface area (Å²) in [7, 11) is -9.35. The van der Waals surface area contributed by atoms with Crippen molar-refractivity contribution in [3.05, 3.63) is 71.0 Å². The number of aliphatic hydroxyl groups is 1. The van der Waals surface area contributed by atoms with Crippen LogP contribution in [0.3, 0.4) is 0 Å². The van der Waals surface area contributed by atoms with Gasteiger partial charge in [0.25, 0.3) is 5.01 Å². The minimum absolute atomic E-state index is 0.0531. The first-order valence-corrected chi connectivity index (χ1v) is 14.6. The highest BCUT2D eigenvalue weighted by Crippen LogP contribution is 2.40. The molecule has 1 aliphatic rings. The van der Waals surface area contributed by atoms with Crippen LogP contribution in [0.1, 0.15) is 10.6 Å². The first kappa shape index (κ1) is 28.1. The van der Waals surface area contributed by atoms with Crippen molar-refractivity contribution in [2.45, 2.75) is 19.6 Å². The molecule has 2 aromatic carbocycles. The van der Waals surface area contributed by atoms with Crippen LogP contribution in [-0.4, -0.2) is 48.8 Å². The van der Waals surface area contributed by atoms with Crippen molar-refractivity contribution in [3.8, 4) is 5.75 Å². The summed E-state index contributed by atoms with van der Waals surface area (Å²) in [6.07, 6.45) is -0.0266. The van der Waals surface area contributed by atoms with E-state index >= 15 is 0 Å². The lowest BCUT2D eigenvalue weighted by molar-refractivity contribution is -0.675. The number of nitrogens with zero attached hydrogens (tertiary/aromatic N) is 2. The van der Waals surface area contributed by atoms with E-state index in [2.05, 4.69) is 13.2 Å². The summed E-state index contributed by atoms with van der Waals surface area (Å²) >= 11 is 7.35. The molecule has 4 rings (SSSR count). The number of rotatable bonds is 7. The largest absolute Gasteiger partial charge is 0.748 e. The maximum atomic E-state index is 11.6. The lowest BCUT2D eigenvalue weighted by Crippen LogP contribution is -2.43. The zero-order chi connectivity index (χ0) is 26.8. The summed E-state index contributed by atoms with van der Waals surface area (Å²) in [4.78, 5) is 1.23. The van der Waals surface area contributed by atoms with Crippen LogP contribution in [0.5, 0.6) is 5.75 Å². The highest BCUT2D eigenvalue weighted by atomic mass is 35.5. The fourth-order valence-electron chi connectivity index (χ4n) is 3.58. The van der Waals surface area contributed by atoms with E-state index in [4.69, 9.17) is 16.3 Å². The summed E-state index contributed by atoms with van der Waals surface area (Å²) in [6, 6.07) is 10.1. The molecule has 1 unspecified atom stereocenters. The Morgan fingerprint density at radius 3 is 2.50 bits per heavy atom. The zero-order valence-electron chi connectivity index (χ0n) is 19.0. The number of hydrogen-bond donors (Lipinski definition) is 1. The van der Waals surface area contributed by atoms with E-state index in [0.29, 0.717) is 27.0 Å². The van der Waals surface area contributed by atoms with Crippen molar-refractivity contribution in [2.75, 3.05) is 16.5 Å². The van der Waals surface area contributed by atoms with E-state index in [9.17, 15) is 31.0 Å².